The van der Waals surface area contributed by atoms with Crippen molar-refractivity contribution >= 4 is 16.8 Å². The van der Waals surface area contributed by atoms with Crippen LogP contribution in [0.4, 0.5) is 0 Å². The lowest BCUT2D eigenvalue weighted by molar-refractivity contribution is 0.0576. The molecular formula is C22H31N3O. The van der Waals surface area contributed by atoms with Gasteiger partial charge in [-0.1, -0.05) is 12.5 Å². The fourth-order valence-electron chi connectivity index (χ4n) is 4.97. The number of rotatable bonds is 4. The lowest BCUT2D eigenvalue weighted by Gasteiger charge is -2.44. The molecule has 2 saturated heterocycles. The number of nitrogens with zero attached hydrogens (tertiary/aromatic N) is 2. The van der Waals surface area contributed by atoms with Crippen LogP contribution in [0.3, 0.4) is 0 Å². The van der Waals surface area contributed by atoms with Gasteiger partial charge in [0.25, 0.3) is 5.91 Å². The van der Waals surface area contributed by atoms with Crippen molar-refractivity contribution in [2.24, 2.45) is 5.92 Å². The van der Waals surface area contributed by atoms with E-state index in [-0.39, 0.29) is 5.91 Å². The van der Waals surface area contributed by atoms with Crippen LogP contribution in [-0.4, -0.2) is 41.1 Å². The summed E-state index contributed by atoms with van der Waals surface area (Å²) in [6, 6.07) is 9.21. The summed E-state index contributed by atoms with van der Waals surface area (Å²) in [5.41, 5.74) is 1.95. The smallest absolute Gasteiger partial charge is 0.251 e. The first-order chi connectivity index (χ1) is 12.6. The quantitative estimate of drug-likeness (QED) is 0.894. The Labute approximate surface area is 156 Å². The minimum Gasteiger partial charge on any atom is -0.352 e. The highest BCUT2D eigenvalue weighted by Gasteiger charge is 2.33. The van der Waals surface area contributed by atoms with Crippen LogP contribution in [0.1, 0.15) is 62.4 Å². The molecule has 0 unspecified atom stereocenters. The van der Waals surface area contributed by atoms with Crippen LogP contribution in [0, 0.1) is 5.92 Å². The number of piperidine rings is 2. The van der Waals surface area contributed by atoms with Gasteiger partial charge in [-0.15, -0.1) is 0 Å². The number of hydrogen-bond acceptors (Lipinski definition) is 2. The predicted octanol–water partition coefficient (Wildman–Crippen LogP) is 4.22. The minimum absolute atomic E-state index is 0.0741. The molecule has 0 spiro atoms. The van der Waals surface area contributed by atoms with E-state index >= 15 is 0 Å². The summed E-state index contributed by atoms with van der Waals surface area (Å²) in [6.07, 6.45) is 8.58. The summed E-state index contributed by atoms with van der Waals surface area (Å²) in [4.78, 5) is 15.6. The van der Waals surface area contributed by atoms with Crippen LogP contribution in [0.15, 0.2) is 30.5 Å². The van der Waals surface area contributed by atoms with E-state index in [2.05, 4.69) is 47.0 Å². The maximum Gasteiger partial charge on any atom is 0.251 e. The molecule has 2 atom stereocenters. The molecule has 4 heteroatoms. The molecule has 1 aromatic heterocycles. The average molecular weight is 354 g/mol. The Bertz CT molecular complexity index is 777. The van der Waals surface area contributed by atoms with E-state index in [4.69, 9.17) is 0 Å². The molecule has 0 aliphatic carbocycles. The zero-order valence-electron chi connectivity index (χ0n) is 16.1. The van der Waals surface area contributed by atoms with Crippen LogP contribution in [-0.2, 0) is 0 Å². The van der Waals surface area contributed by atoms with Gasteiger partial charge in [-0.2, -0.15) is 0 Å². The highest BCUT2D eigenvalue weighted by Crippen LogP contribution is 2.30. The molecule has 1 amide bonds. The summed E-state index contributed by atoms with van der Waals surface area (Å²) in [7, 11) is 0. The lowest BCUT2D eigenvalue weighted by atomic mass is 9.83. The Morgan fingerprint density at radius 2 is 2.00 bits per heavy atom. The SMILES string of the molecule is CC(C)n1ccc2c(C(=O)NC[C@H]3CCCN4CCCC[C@@H]34)cccc21. The molecule has 0 bridgehead atoms. The fraction of sp³-hybridized carbons (Fsp3) is 0.591. The van der Waals surface area contributed by atoms with E-state index in [0.29, 0.717) is 18.0 Å². The van der Waals surface area contributed by atoms with Crippen molar-refractivity contribution in [3.8, 4) is 0 Å². The predicted molar refractivity (Wildman–Crippen MR) is 107 cm³/mol. The normalized spacial score (nSPS) is 24.0. The zero-order chi connectivity index (χ0) is 18.1. The van der Waals surface area contributed by atoms with Gasteiger partial charge in [0, 0.05) is 41.3 Å². The molecule has 2 fully saturated rings. The number of carbonyl (C=O) groups is 1. The molecule has 2 aliphatic heterocycles. The van der Waals surface area contributed by atoms with Gasteiger partial charge in [0.2, 0.25) is 0 Å². The number of benzene rings is 1. The summed E-state index contributed by atoms with van der Waals surface area (Å²) in [5, 5.41) is 4.31. The largest absolute Gasteiger partial charge is 0.352 e. The Morgan fingerprint density at radius 1 is 1.15 bits per heavy atom. The van der Waals surface area contributed by atoms with Gasteiger partial charge in [0.15, 0.2) is 0 Å². The van der Waals surface area contributed by atoms with Crippen molar-refractivity contribution in [1.29, 1.82) is 0 Å². The van der Waals surface area contributed by atoms with Gasteiger partial charge in [-0.05, 0) is 76.7 Å². The monoisotopic (exact) mass is 353 g/mol. The number of carbonyl (C=O) groups excluding carboxylic acids is 1. The second-order valence-electron chi connectivity index (χ2n) is 8.27. The lowest BCUT2D eigenvalue weighted by Crippen LogP contribution is -2.51. The van der Waals surface area contributed by atoms with E-state index in [1.165, 1.54) is 45.2 Å². The van der Waals surface area contributed by atoms with Crippen molar-refractivity contribution in [3.05, 3.63) is 36.0 Å². The highest BCUT2D eigenvalue weighted by molar-refractivity contribution is 6.06. The van der Waals surface area contributed by atoms with Crippen LogP contribution in [0.2, 0.25) is 0 Å². The van der Waals surface area contributed by atoms with Gasteiger partial charge < -0.3 is 14.8 Å². The molecule has 3 heterocycles. The number of aromatic nitrogens is 1. The molecule has 4 rings (SSSR count). The first-order valence-corrected chi connectivity index (χ1v) is 10.3. The van der Waals surface area contributed by atoms with Crippen LogP contribution < -0.4 is 5.32 Å². The van der Waals surface area contributed by atoms with E-state index in [0.717, 1.165) is 23.0 Å². The fourth-order valence-corrected chi connectivity index (χ4v) is 4.97. The van der Waals surface area contributed by atoms with Crippen molar-refractivity contribution in [2.75, 3.05) is 19.6 Å². The Balaban J connectivity index is 1.47. The molecule has 1 aromatic carbocycles. The standard InChI is InChI=1S/C22H31N3O/c1-16(2)25-14-11-18-19(8-5-10-21(18)25)22(26)23-15-17-7-6-13-24-12-4-3-9-20(17)24/h5,8,10-11,14,16-17,20H,3-4,6-7,9,12-13,15H2,1-2H3,(H,23,26)/t17-,20+/m1/s1. The third-order valence-corrected chi connectivity index (χ3v) is 6.32. The summed E-state index contributed by atoms with van der Waals surface area (Å²) in [6.45, 7) is 7.64. The van der Waals surface area contributed by atoms with Gasteiger partial charge >= 0.3 is 0 Å². The number of fused-ring (bicyclic) bond motifs is 2. The Hall–Kier alpha value is -1.81. The van der Waals surface area contributed by atoms with E-state index in [1.807, 2.05) is 12.1 Å². The average Bonchev–Trinajstić information content (AvgIpc) is 3.10. The van der Waals surface area contributed by atoms with Gasteiger partial charge in [0.1, 0.15) is 0 Å². The Kier molecular flexibility index (Phi) is 5.03. The molecule has 2 aliphatic rings. The van der Waals surface area contributed by atoms with Gasteiger partial charge in [-0.25, -0.2) is 0 Å². The second kappa shape index (κ2) is 7.43. The first-order valence-electron chi connectivity index (χ1n) is 10.3. The number of amides is 1. The van der Waals surface area contributed by atoms with Gasteiger partial charge in [0.05, 0.1) is 0 Å². The van der Waals surface area contributed by atoms with Crippen LogP contribution >= 0.6 is 0 Å². The van der Waals surface area contributed by atoms with E-state index < -0.39 is 0 Å². The van der Waals surface area contributed by atoms with Crippen molar-refractivity contribution in [3.63, 3.8) is 0 Å². The van der Waals surface area contributed by atoms with E-state index in [9.17, 15) is 4.79 Å². The van der Waals surface area contributed by atoms with Crippen LogP contribution in [0.25, 0.3) is 10.9 Å². The number of hydrogen-bond donors (Lipinski definition) is 1. The molecule has 2 aromatic rings. The van der Waals surface area contributed by atoms with Crippen molar-refractivity contribution in [1.82, 2.24) is 14.8 Å². The van der Waals surface area contributed by atoms with Crippen LogP contribution in [0.5, 0.6) is 0 Å². The zero-order valence-corrected chi connectivity index (χ0v) is 16.1. The summed E-state index contributed by atoms with van der Waals surface area (Å²) in [5.74, 6) is 0.678. The topological polar surface area (TPSA) is 37.3 Å². The van der Waals surface area contributed by atoms with Crippen molar-refractivity contribution in [2.45, 2.75) is 58.0 Å². The molecule has 4 nitrogen and oxygen atoms in total. The maximum absolute atomic E-state index is 12.9. The van der Waals surface area contributed by atoms with Gasteiger partial charge in [-0.3, -0.25) is 4.79 Å². The first kappa shape index (κ1) is 17.6. The molecule has 140 valence electrons. The third-order valence-electron chi connectivity index (χ3n) is 6.32. The number of nitrogens with one attached hydrogen (secondary N) is 1. The molecular weight excluding hydrogens is 322 g/mol. The van der Waals surface area contributed by atoms with E-state index in [1.54, 1.807) is 0 Å². The summed E-state index contributed by atoms with van der Waals surface area (Å²) < 4.78 is 2.23. The second-order valence-corrected chi connectivity index (χ2v) is 8.27. The molecule has 1 N–H and O–H groups in total. The Morgan fingerprint density at radius 3 is 2.85 bits per heavy atom. The molecule has 0 radical (unpaired) electrons. The third kappa shape index (κ3) is 3.27. The highest BCUT2D eigenvalue weighted by atomic mass is 16.1. The summed E-state index contributed by atoms with van der Waals surface area (Å²) >= 11 is 0. The molecule has 0 saturated carbocycles. The maximum atomic E-state index is 12.9. The minimum atomic E-state index is 0.0741. The molecule has 26 heavy (non-hydrogen) atoms. The van der Waals surface area contributed by atoms with Crippen molar-refractivity contribution < 1.29 is 4.79 Å².